The van der Waals surface area contributed by atoms with Gasteiger partial charge in [-0.05, 0) is 26.4 Å². The van der Waals surface area contributed by atoms with E-state index in [0.717, 1.165) is 25.9 Å². The summed E-state index contributed by atoms with van der Waals surface area (Å²) in [4.78, 5) is 1.77. The van der Waals surface area contributed by atoms with Gasteiger partial charge in [-0.25, -0.2) is 8.78 Å². The molecule has 1 aliphatic heterocycles. The highest BCUT2D eigenvalue weighted by atomic mass is 19.3. The molecule has 0 aromatic heterocycles. The monoisotopic (exact) mass is 192 g/mol. The highest BCUT2D eigenvalue weighted by molar-refractivity contribution is 4.75. The van der Waals surface area contributed by atoms with Crippen LogP contribution >= 0.6 is 0 Å². The minimum Gasteiger partial charge on any atom is -0.315 e. The number of hydrogen-bond acceptors (Lipinski definition) is 2. The molecule has 0 radical (unpaired) electrons. The Labute approximate surface area is 78.3 Å². The van der Waals surface area contributed by atoms with Gasteiger partial charge in [0.15, 0.2) is 0 Å². The molecule has 1 fully saturated rings. The van der Waals surface area contributed by atoms with Crippen molar-refractivity contribution in [2.45, 2.75) is 31.7 Å². The Morgan fingerprint density at radius 2 is 2.23 bits per heavy atom. The van der Waals surface area contributed by atoms with Gasteiger partial charge in [0.2, 0.25) is 0 Å². The average Bonchev–Trinajstić information content (AvgIpc) is 2.29. The lowest BCUT2D eigenvalue weighted by molar-refractivity contribution is 0.0794. The Morgan fingerprint density at radius 3 is 2.92 bits per heavy atom. The predicted molar refractivity (Wildman–Crippen MR) is 49.1 cm³/mol. The fourth-order valence-electron chi connectivity index (χ4n) is 1.74. The van der Waals surface area contributed by atoms with Crippen LogP contribution in [0.3, 0.4) is 0 Å². The molecule has 0 aliphatic carbocycles. The molecule has 0 bridgehead atoms. The summed E-state index contributed by atoms with van der Waals surface area (Å²) in [6, 6.07) is 0.288. The van der Waals surface area contributed by atoms with Gasteiger partial charge in [0, 0.05) is 12.6 Å². The lowest BCUT2D eigenvalue weighted by Crippen LogP contribution is -2.41. The summed E-state index contributed by atoms with van der Waals surface area (Å²) >= 11 is 0. The minimum atomic E-state index is -2.21. The number of halogens is 2. The predicted octanol–water partition coefficient (Wildman–Crippen LogP) is 1.33. The van der Waals surface area contributed by atoms with Crippen LogP contribution in [0.2, 0.25) is 0 Å². The second-order valence-electron chi connectivity index (χ2n) is 3.68. The smallest absolute Gasteiger partial charge is 0.251 e. The molecule has 0 aromatic rings. The molecule has 13 heavy (non-hydrogen) atoms. The van der Waals surface area contributed by atoms with E-state index in [9.17, 15) is 8.78 Å². The van der Waals surface area contributed by atoms with Crippen molar-refractivity contribution in [3.63, 3.8) is 0 Å². The first kappa shape index (κ1) is 10.9. The zero-order valence-corrected chi connectivity index (χ0v) is 8.10. The van der Waals surface area contributed by atoms with Crippen molar-refractivity contribution < 1.29 is 8.78 Å². The number of nitrogens with zero attached hydrogens (tertiary/aromatic N) is 1. The summed E-state index contributed by atoms with van der Waals surface area (Å²) in [6.45, 7) is 1.77. The van der Waals surface area contributed by atoms with Crippen LogP contribution in [0.1, 0.15) is 19.3 Å². The number of rotatable bonds is 3. The third-order valence-corrected chi connectivity index (χ3v) is 2.57. The SMILES string of the molecule is CN(CC(F)F)C1CCCCNC1. The summed E-state index contributed by atoms with van der Waals surface area (Å²) in [5.41, 5.74) is 0. The second kappa shape index (κ2) is 5.50. The van der Waals surface area contributed by atoms with Gasteiger partial charge >= 0.3 is 0 Å². The summed E-state index contributed by atoms with van der Waals surface area (Å²) in [7, 11) is 1.78. The Bertz CT molecular complexity index is 134. The van der Waals surface area contributed by atoms with Crippen molar-refractivity contribution >= 4 is 0 Å². The third kappa shape index (κ3) is 4.00. The molecule has 0 saturated carbocycles. The maximum atomic E-state index is 12.1. The van der Waals surface area contributed by atoms with Gasteiger partial charge in [-0.2, -0.15) is 0 Å². The first-order chi connectivity index (χ1) is 6.20. The molecular formula is C9H18F2N2. The molecule has 1 heterocycles. The Hall–Kier alpha value is -0.220. The van der Waals surface area contributed by atoms with Crippen molar-refractivity contribution in [1.82, 2.24) is 10.2 Å². The molecule has 1 unspecified atom stereocenters. The van der Waals surface area contributed by atoms with E-state index in [4.69, 9.17) is 0 Å². The molecule has 1 atom stereocenters. The van der Waals surface area contributed by atoms with Gasteiger partial charge < -0.3 is 5.32 Å². The average molecular weight is 192 g/mol. The molecule has 1 rings (SSSR count). The number of hydrogen-bond donors (Lipinski definition) is 1. The van der Waals surface area contributed by atoms with E-state index in [1.165, 1.54) is 6.42 Å². The Balaban J connectivity index is 2.30. The van der Waals surface area contributed by atoms with Gasteiger partial charge in [-0.3, -0.25) is 4.90 Å². The fourth-order valence-corrected chi connectivity index (χ4v) is 1.74. The first-order valence-corrected chi connectivity index (χ1v) is 4.89. The van der Waals surface area contributed by atoms with Crippen molar-refractivity contribution in [1.29, 1.82) is 0 Å². The quantitative estimate of drug-likeness (QED) is 0.725. The Kier molecular flexibility index (Phi) is 4.59. The van der Waals surface area contributed by atoms with Crippen molar-refractivity contribution in [2.24, 2.45) is 0 Å². The zero-order chi connectivity index (χ0) is 9.68. The number of alkyl halides is 2. The van der Waals surface area contributed by atoms with Crippen LogP contribution in [0.25, 0.3) is 0 Å². The molecule has 78 valence electrons. The fraction of sp³-hybridized carbons (Fsp3) is 1.00. The van der Waals surface area contributed by atoms with Crippen LogP contribution in [0, 0.1) is 0 Å². The van der Waals surface area contributed by atoms with E-state index in [2.05, 4.69) is 5.32 Å². The Morgan fingerprint density at radius 1 is 1.46 bits per heavy atom. The molecule has 0 spiro atoms. The van der Waals surface area contributed by atoms with Crippen LogP contribution in [-0.2, 0) is 0 Å². The van der Waals surface area contributed by atoms with E-state index in [1.807, 2.05) is 0 Å². The number of likely N-dealkylation sites (N-methyl/N-ethyl adjacent to an activating group) is 1. The summed E-state index contributed by atoms with van der Waals surface area (Å²) in [5.74, 6) is 0. The van der Waals surface area contributed by atoms with Gasteiger partial charge in [0.25, 0.3) is 6.43 Å². The molecule has 1 saturated heterocycles. The topological polar surface area (TPSA) is 15.3 Å². The van der Waals surface area contributed by atoms with Crippen LogP contribution in [0.5, 0.6) is 0 Å². The van der Waals surface area contributed by atoms with E-state index in [0.29, 0.717) is 0 Å². The molecule has 0 aromatic carbocycles. The molecular weight excluding hydrogens is 174 g/mol. The van der Waals surface area contributed by atoms with Gasteiger partial charge in [0.1, 0.15) is 0 Å². The maximum absolute atomic E-state index is 12.1. The normalized spacial score (nSPS) is 25.2. The number of nitrogens with one attached hydrogen (secondary N) is 1. The maximum Gasteiger partial charge on any atom is 0.251 e. The highest BCUT2D eigenvalue weighted by Crippen LogP contribution is 2.10. The van der Waals surface area contributed by atoms with Crippen LogP contribution < -0.4 is 5.32 Å². The summed E-state index contributed by atoms with van der Waals surface area (Å²) < 4.78 is 24.2. The standard InChI is InChI=1S/C9H18F2N2/c1-13(7-9(10)11)8-4-2-3-5-12-6-8/h8-9,12H,2-7H2,1H3. The van der Waals surface area contributed by atoms with E-state index in [-0.39, 0.29) is 12.6 Å². The van der Waals surface area contributed by atoms with E-state index < -0.39 is 6.43 Å². The van der Waals surface area contributed by atoms with Crippen molar-refractivity contribution in [3.8, 4) is 0 Å². The molecule has 1 aliphatic rings. The van der Waals surface area contributed by atoms with Crippen molar-refractivity contribution in [3.05, 3.63) is 0 Å². The highest BCUT2D eigenvalue weighted by Gasteiger charge is 2.18. The van der Waals surface area contributed by atoms with Gasteiger partial charge in [-0.15, -0.1) is 0 Å². The molecule has 4 heteroatoms. The third-order valence-electron chi connectivity index (χ3n) is 2.57. The lowest BCUT2D eigenvalue weighted by atomic mass is 10.1. The minimum absolute atomic E-state index is 0.105. The molecule has 1 N–H and O–H groups in total. The van der Waals surface area contributed by atoms with Gasteiger partial charge in [-0.1, -0.05) is 6.42 Å². The van der Waals surface area contributed by atoms with Crippen LogP contribution in [0.4, 0.5) is 8.78 Å². The van der Waals surface area contributed by atoms with Crippen LogP contribution in [-0.4, -0.2) is 44.0 Å². The lowest BCUT2D eigenvalue weighted by Gasteiger charge is -2.26. The summed E-state index contributed by atoms with van der Waals surface area (Å²) in [6.07, 6.45) is 1.13. The molecule has 2 nitrogen and oxygen atoms in total. The summed E-state index contributed by atoms with van der Waals surface area (Å²) in [5, 5.41) is 3.26. The van der Waals surface area contributed by atoms with Crippen molar-refractivity contribution in [2.75, 3.05) is 26.7 Å². The second-order valence-corrected chi connectivity index (χ2v) is 3.68. The molecule has 0 amide bonds. The van der Waals surface area contributed by atoms with Gasteiger partial charge in [0.05, 0.1) is 6.54 Å². The first-order valence-electron chi connectivity index (χ1n) is 4.89. The van der Waals surface area contributed by atoms with Crippen LogP contribution in [0.15, 0.2) is 0 Å². The van der Waals surface area contributed by atoms with E-state index in [1.54, 1.807) is 11.9 Å². The largest absolute Gasteiger partial charge is 0.315 e. The van der Waals surface area contributed by atoms with E-state index >= 15 is 0 Å². The zero-order valence-electron chi connectivity index (χ0n) is 8.10.